The summed E-state index contributed by atoms with van der Waals surface area (Å²) in [5.74, 6) is 1.25. The van der Waals surface area contributed by atoms with Crippen molar-refractivity contribution in [1.82, 2.24) is 5.32 Å². The van der Waals surface area contributed by atoms with Crippen molar-refractivity contribution in [2.75, 3.05) is 25.4 Å². The van der Waals surface area contributed by atoms with Gasteiger partial charge >= 0.3 is 0 Å². The Kier molecular flexibility index (Phi) is 5.37. The van der Waals surface area contributed by atoms with E-state index in [-0.39, 0.29) is 6.10 Å². The third-order valence-electron chi connectivity index (χ3n) is 3.98. The second-order valence-corrected chi connectivity index (χ2v) is 6.58. The molecule has 2 rings (SSSR count). The first kappa shape index (κ1) is 14.2. The minimum Gasteiger partial charge on any atom is -0.377 e. The summed E-state index contributed by atoms with van der Waals surface area (Å²) in [5.41, 5.74) is 0.527. The van der Waals surface area contributed by atoms with Gasteiger partial charge in [-0.05, 0) is 32.1 Å². The Labute approximate surface area is 115 Å². The van der Waals surface area contributed by atoms with Crippen LogP contribution in [0.1, 0.15) is 46.0 Å². The number of rotatable bonds is 4. The first-order valence-corrected chi connectivity index (χ1v) is 8.25. The van der Waals surface area contributed by atoms with Crippen molar-refractivity contribution in [1.29, 1.82) is 0 Å². The van der Waals surface area contributed by atoms with E-state index >= 15 is 0 Å². The Morgan fingerprint density at radius 1 is 1.39 bits per heavy atom. The zero-order valence-corrected chi connectivity index (χ0v) is 12.5. The lowest BCUT2D eigenvalue weighted by Gasteiger charge is -2.38. The van der Waals surface area contributed by atoms with E-state index in [9.17, 15) is 0 Å². The van der Waals surface area contributed by atoms with Crippen LogP contribution in [-0.2, 0) is 4.74 Å². The lowest BCUT2D eigenvalue weighted by atomic mass is 9.75. The molecule has 104 valence electrons. The summed E-state index contributed by atoms with van der Waals surface area (Å²) in [6.45, 7) is 6.83. The van der Waals surface area contributed by atoms with Crippen molar-refractivity contribution in [3.8, 4) is 0 Å². The maximum atomic E-state index is 5.52. The normalized spacial score (nSPS) is 24.7. The van der Waals surface area contributed by atoms with Crippen molar-refractivity contribution in [2.45, 2.75) is 52.1 Å². The number of aliphatic imine (C=N–C) groups is 1. The fourth-order valence-corrected chi connectivity index (χ4v) is 4.00. The Morgan fingerprint density at radius 3 is 2.78 bits per heavy atom. The SMILES string of the molecule is CCOC(C)CNC1=NCC2(CCCCC2)CS1. The first-order valence-electron chi connectivity index (χ1n) is 7.27. The van der Waals surface area contributed by atoms with Crippen molar-refractivity contribution >= 4 is 16.9 Å². The standard InChI is InChI=1S/C14H26N2OS/c1-3-17-12(2)9-15-13-16-10-14(11-18-13)7-5-4-6-8-14/h12H,3-11H2,1-2H3,(H,15,16). The molecule has 0 aromatic carbocycles. The molecular weight excluding hydrogens is 244 g/mol. The van der Waals surface area contributed by atoms with E-state index in [1.807, 2.05) is 18.7 Å². The molecule has 18 heavy (non-hydrogen) atoms. The van der Waals surface area contributed by atoms with Crippen LogP contribution in [-0.4, -0.2) is 36.7 Å². The van der Waals surface area contributed by atoms with Crippen molar-refractivity contribution < 1.29 is 4.74 Å². The van der Waals surface area contributed by atoms with Gasteiger partial charge in [-0.3, -0.25) is 4.99 Å². The van der Waals surface area contributed by atoms with Crippen LogP contribution in [0.2, 0.25) is 0 Å². The van der Waals surface area contributed by atoms with Crippen LogP contribution in [0.4, 0.5) is 0 Å². The van der Waals surface area contributed by atoms with Crippen LogP contribution < -0.4 is 5.32 Å². The molecule has 1 spiro atoms. The highest BCUT2D eigenvalue weighted by Gasteiger charge is 2.34. The molecule has 3 nitrogen and oxygen atoms in total. The number of nitrogens with zero attached hydrogens (tertiary/aromatic N) is 1. The van der Waals surface area contributed by atoms with Crippen LogP contribution in [0.5, 0.6) is 0 Å². The lowest BCUT2D eigenvalue weighted by molar-refractivity contribution is 0.0795. The van der Waals surface area contributed by atoms with Crippen molar-refractivity contribution in [2.24, 2.45) is 10.4 Å². The van der Waals surface area contributed by atoms with E-state index < -0.39 is 0 Å². The van der Waals surface area contributed by atoms with Gasteiger partial charge in [0, 0.05) is 25.4 Å². The predicted molar refractivity (Wildman–Crippen MR) is 79.4 cm³/mol. The van der Waals surface area contributed by atoms with Crippen LogP contribution in [0.25, 0.3) is 0 Å². The quantitative estimate of drug-likeness (QED) is 0.852. The fourth-order valence-electron chi connectivity index (χ4n) is 2.84. The molecule has 1 N–H and O–H groups in total. The van der Waals surface area contributed by atoms with Gasteiger partial charge in [0.25, 0.3) is 0 Å². The largest absolute Gasteiger partial charge is 0.377 e. The smallest absolute Gasteiger partial charge is 0.156 e. The van der Waals surface area contributed by atoms with Gasteiger partial charge < -0.3 is 10.1 Å². The van der Waals surface area contributed by atoms with Gasteiger partial charge in [0.05, 0.1) is 6.10 Å². The van der Waals surface area contributed by atoms with Crippen LogP contribution in [0.3, 0.4) is 0 Å². The van der Waals surface area contributed by atoms with Crippen molar-refractivity contribution in [3.63, 3.8) is 0 Å². The van der Waals surface area contributed by atoms with E-state index in [1.165, 1.54) is 37.9 Å². The molecule has 0 aromatic heterocycles. The molecule has 0 amide bonds. The molecule has 1 fully saturated rings. The molecule has 4 heteroatoms. The summed E-state index contributed by atoms with van der Waals surface area (Å²) in [6.07, 6.45) is 7.26. The fraction of sp³-hybridized carbons (Fsp3) is 0.929. The van der Waals surface area contributed by atoms with E-state index in [0.29, 0.717) is 5.41 Å². The molecule has 2 aliphatic rings. The van der Waals surface area contributed by atoms with E-state index in [2.05, 4.69) is 12.2 Å². The number of amidine groups is 1. The monoisotopic (exact) mass is 270 g/mol. The summed E-state index contributed by atoms with van der Waals surface area (Å²) in [5, 5.41) is 4.54. The minimum atomic E-state index is 0.267. The van der Waals surface area contributed by atoms with Gasteiger partial charge in [0.2, 0.25) is 0 Å². The van der Waals surface area contributed by atoms with Gasteiger partial charge in [-0.1, -0.05) is 31.0 Å². The molecule has 0 radical (unpaired) electrons. The molecule has 1 saturated carbocycles. The Hall–Kier alpha value is -0.220. The molecule has 0 aromatic rings. The highest BCUT2D eigenvalue weighted by Crippen LogP contribution is 2.41. The average molecular weight is 270 g/mol. The molecule has 0 bridgehead atoms. The zero-order chi connectivity index (χ0) is 12.8. The summed E-state index contributed by atoms with van der Waals surface area (Å²) < 4.78 is 5.52. The van der Waals surface area contributed by atoms with Crippen LogP contribution >= 0.6 is 11.8 Å². The van der Waals surface area contributed by atoms with Crippen LogP contribution in [0, 0.1) is 5.41 Å². The maximum absolute atomic E-state index is 5.52. The third kappa shape index (κ3) is 3.89. The number of hydrogen-bond acceptors (Lipinski definition) is 4. The van der Waals surface area contributed by atoms with E-state index in [1.54, 1.807) is 0 Å². The second-order valence-electron chi connectivity index (χ2n) is 5.62. The van der Waals surface area contributed by atoms with Gasteiger partial charge in [0.15, 0.2) is 5.17 Å². The highest BCUT2D eigenvalue weighted by atomic mass is 32.2. The van der Waals surface area contributed by atoms with E-state index in [4.69, 9.17) is 9.73 Å². The van der Waals surface area contributed by atoms with Gasteiger partial charge in [-0.2, -0.15) is 0 Å². The van der Waals surface area contributed by atoms with Gasteiger partial charge in [0.1, 0.15) is 0 Å². The number of ether oxygens (including phenoxy) is 1. The Bertz CT molecular complexity index is 288. The lowest BCUT2D eigenvalue weighted by Crippen LogP contribution is -2.38. The molecule has 1 heterocycles. The summed E-state index contributed by atoms with van der Waals surface area (Å²) in [4.78, 5) is 4.75. The molecule has 1 aliphatic heterocycles. The zero-order valence-electron chi connectivity index (χ0n) is 11.7. The highest BCUT2D eigenvalue weighted by molar-refractivity contribution is 8.13. The second kappa shape index (κ2) is 6.80. The number of hydrogen-bond donors (Lipinski definition) is 1. The number of nitrogens with one attached hydrogen (secondary N) is 1. The molecule has 1 atom stereocenters. The van der Waals surface area contributed by atoms with Gasteiger partial charge in [-0.15, -0.1) is 0 Å². The summed E-state index contributed by atoms with van der Waals surface area (Å²) in [7, 11) is 0. The van der Waals surface area contributed by atoms with Gasteiger partial charge in [-0.25, -0.2) is 0 Å². The Morgan fingerprint density at radius 2 is 2.17 bits per heavy atom. The summed E-state index contributed by atoms with van der Waals surface area (Å²) in [6, 6.07) is 0. The number of thioether (sulfide) groups is 1. The van der Waals surface area contributed by atoms with Crippen molar-refractivity contribution in [3.05, 3.63) is 0 Å². The molecule has 1 unspecified atom stereocenters. The first-order chi connectivity index (χ1) is 8.74. The van der Waals surface area contributed by atoms with E-state index in [0.717, 1.165) is 24.9 Å². The topological polar surface area (TPSA) is 33.6 Å². The average Bonchev–Trinajstić information content (AvgIpc) is 2.40. The maximum Gasteiger partial charge on any atom is 0.156 e. The summed E-state index contributed by atoms with van der Waals surface area (Å²) >= 11 is 1.91. The molecule has 0 saturated heterocycles. The molecular formula is C14H26N2OS. The van der Waals surface area contributed by atoms with Crippen LogP contribution in [0.15, 0.2) is 4.99 Å². The molecule has 1 aliphatic carbocycles. The Balaban J connectivity index is 1.76. The predicted octanol–water partition coefficient (Wildman–Crippen LogP) is 3.05. The minimum absolute atomic E-state index is 0.267. The third-order valence-corrected chi connectivity index (χ3v) is 5.28.